The molecule has 0 aliphatic carbocycles. The fraction of sp³-hybridized carbons (Fsp3) is 0.143. The zero-order valence-corrected chi connectivity index (χ0v) is 11.3. The van der Waals surface area contributed by atoms with Crippen LogP contribution in [0.3, 0.4) is 0 Å². The van der Waals surface area contributed by atoms with E-state index >= 15 is 0 Å². The first-order valence-electron chi connectivity index (χ1n) is 6.41. The summed E-state index contributed by atoms with van der Waals surface area (Å²) in [5.74, 6) is -0.0161. The number of carbonyl (C=O) groups is 2. The van der Waals surface area contributed by atoms with Crippen molar-refractivity contribution in [3.05, 3.63) is 42.1 Å². The topological polar surface area (TPSA) is 87.2 Å². The quantitative estimate of drug-likeness (QED) is 0.862. The number of amides is 2. The minimum absolute atomic E-state index is 0.0364. The molecular weight excluding hydrogens is 270 g/mol. The molecule has 2 N–H and O–H groups in total. The van der Waals surface area contributed by atoms with Gasteiger partial charge in [0.1, 0.15) is 12.4 Å². The largest absolute Gasteiger partial charge is 0.372 e. The van der Waals surface area contributed by atoms with Crippen LogP contribution in [-0.2, 0) is 4.79 Å². The monoisotopic (exact) mass is 283 g/mol. The van der Waals surface area contributed by atoms with Crippen LogP contribution in [0.5, 0.6) is 0 Å². The van der Waals surface area contributed by atoms with Crippen molar-refractivity contribution >= 4 is 29.0 Å². The average molecular weight is 283 g/mol. The van der Waals surface area contributed by atoms with Crippen LogP contribution in [0.1, 0.15) is 10.5 Å². The number of rotatable bonds is 2. The van der Waals surface area contributed by atoms with E-state index in [-0.39, 0.29) is 24.1 Å². The van der Waals surface area contributed by atoms with Gasteiger partial charge in [-0.3, -0.25) is 14.5 Å². The van der Waals surface area contributed by atoms with E-state index in [0.717, 1.165) is 0 Å². The molecule has 0 fully saturated rings. The van der Waals surface area contributed by atoms with Crippen molar-refractivity contribution in [1.29, 1.82) is 0 Å². The van der Waals surface area contributed by atoms with Crippen molar-refractivity contribution in [3.8, 4) is 0 Å². The molecule has 0 saturated heterocycles. The lowest BCUT2D eigenvalue weighted by molar-refractivity contribution is -0.115. The predicted octanol–water partition coefficient (Wildman–Crippen LogP) is 1.12. The van der Waals surface area contributed by atoms with E-state index < -0.39 is 0 Å². The van der Waals surface area contributed by atoms with E-state index in [1.807, 2.05) is 6.07 Å². The maximum Gasteiger partial charge on any atom is 0.279 e. The summed E-state index contributed by atoms with van der Waals surface area (Å²) in [6.07, 6.45) is 0. The summed E-state index contributed by atoms with van der Waals surface area (Å²) in [5, 5.41) is 13.3. The third-order valence-electron chi connectivity index (χ3n) is 3.16. The fourth-order valence-electron chi connectivity index (χ4n) is 2.13. The molecule has 2 aromatic rings. The highest BCUT2D eigenvalue weighted by Gasteiger charge is 2.28. The van der Waals surface area contributed by atoms with E-state index in [0.29, 0.717) is 17.2 Å². The van der Waals surface area contributed by atoms with Gasteiger partial charge in [-0.1, -0.05) is 12.1 Å². The molecule has 2 amide bonds. The second kappa shape index (κ2) is 5.20. The van der Waals surface area contributed by atoms with Crippen LogP contribution in [0.4, 0.5) is 17.2 Å². The molecule has 0 saturated carbocycles. The Kier molecular flexibility index (Phi) is 3.23. The molecule has 1 aliphatic rings. The molecule has 3 rings (SSSR count). The van der Waals surface area contributed by atoms with Gasteiger partial charge in [0.05, 0.1) is 11.4 Å². The van der Waals surface area contributed by atoms with Crippen LogP contribution in [0.15, 0.2) is 36.4 Å². The van der Waals surface area contributed by atoms with Crippen molar-refractivity contribution in [3.63, 3.8) is 0 Å². The Morgan fingerprint density at radius 3 is 2.76 bits per heavy atom. The van der Waals surface area contributed by atoms with Crippen molar-refractivity contribution in [2.75, 3.05) is 29.1 Å². The lowest BCUT2D eigenvalue weighted by Crippen LogP contribution is -2.42. The van der Waals surface area contributed by atoms with Gasteiger partial charge in [0, 0.05) is 7.05 Å². The average Bonchev–Trinajstić information content (AvgIpc) is 2.53. The highest BCUT2D eigenvalue weighted by Crippen LogP contribution is 2.29. The van der Waals surface area contributed by atoms with Crippen LogP contribution in [-0.4, -0.2) is 35.6 Å². The number of fused-ring (bicyclic) bond motifs is 1. The maximum atomic E-state index is 12.5. The standard InChI is InChI=1S/C14H13N5O2/c1-15-12-7-6-10(17-18-12)14(21)19-8-13(20)16-9-4-2-3-5-11(9)19/h2-7H,8H2,1H3,(H,15,18)(H,16,20). The van der Waals surface area contributed by atoms with Gasteiger partial charge >= 0.3 is 0 Å². The third kappa shape index (κ3) is 2.40. The van der Waals surface area contributed by atoms with Crippen molar-refractivity contribution in [2.24, 2.45) is 0 Å². The normalized spacial score (nSPS) is 13.4. The number of aromatic nitrogens is 2. The van der Waals surface area contributed by atoms with Gasteiger partial charge in [-0.15, -0.1) is 10.2 Å². The smallest absolute Gasteiger partial charge is 0.279 e. The Labute approximate surface area is 121 Å². The zero-order chi connectivity index (χ0) is 14.8. The lowest BCUT2D eigenvalue weighted by Gasteiger charge is -2.28. The SMILES string of the molecule is CNc1ccc(C(=O)N2CC(=O)Nc3ccccc32)nn1. The maximum absolute atomic E-state index is 12.5. The molecule has 1 aliphatic heterocycles. The molecule has 21 heavy (non-hydrogen) atoms. The number of nitrogens with zero attached hydrogens (tertiary/aromatic N) is 3. The molecule has 0 radical (unpaired) electrons. The Morgan fingerprint density at radius 1 is 1.24 bits per heavy atom. The van der Waals surface area contributed by atoms with Crippen molar-refractivity contribution in [2.45, 2.75) is 0 Å². The van der Waals surface area contributed by atoms with Crippen LogP contribution in [0, 0.1) is 0 Å². The summed E-state index contributed by atoms with van der Waals surface area (Å²) in [7, 11) is 1.72. The molecule has 0 atom stereocenters. The van der Waals surface area contributed by atoms with Crippen molar-refractivity contribution in [1.82, 2.24) is 10.2 Å². The Hall–Kier alpha value is -2.96. The number of anilines is 3. The van der Waals surface area contributed by atoms with Gasteiger partial charge in [0.2, 0.25) is 5.91 Å². The second-order valence-electron chi connectivity index (χ2n) is 4.51. The molecule has 7 nitrogen and oxygen atoms in total. The predicted molar refractivity (Wildman–Crippen MR) is 78.3 cm³/mol. The lowest BCUT2D eigenvalue weighted by atomic mass is 10.1. The summed E-state index contributed by atoms with van der Waals surface area (Å²) in [6.45, 7) is -0.0364. The molecule has 2 heterocycles. The Morgan fingerprint density at radius 2 is 2.05 bits per heavy atom. The van der Waals surface area contributed by atoms with Gasteiger partial charge in [0.15, 0.2) is 5.69 Å². The molecule has 1 aromatic carbocycles. The minimum atomic E-state index is -0.354. The number of hydrogen-bond donors (Lipinski definition) is 2. The summed E-state index contributed by atoms with van der Waals surface area (Å²) in [6, 6.07) is 10.4. The Balaban J connectivity index is 1.95. The number of hydrogen-bond acceptors (Lipinski definition) is 5. The van der Waals surface area contributed by atoms with Crippen LogP contribution in [0.2, 0.25) is 0 Å². The first-order chi connectivity index (χ1) is 10.2. The molecular formula is C14H13N5O2. The molecule has 7 heteroatoms. The van der Waals surface area contributed by atoms with Gasteiger partial charge in [-0.2, -0.15) is 0 Å². The second-order valence-corrected chi connectivity index (χ2v) is 4.51. The van der Waals surface area contributed by atoms with E-state index in [2.05, 4.69) is 20.8 Å². The zero-order valence-electron chi connectivity index (χ0n) is 11.3. The number of carbonyl (C=O) groups excluding carboxylic acids is 2. The Bertz CT molecular complexity index is 699. The highest BCUT2D eigenvalue weighted by molar-refractivity contribution is 6.14. The van der Waals surface area contributed by atoms with Crippen LogP contribution in [0.25, 0.3) is 0 Å². The molecule has 1 aromatic heterocycles. The van der Waals surface area contributed by atoms with Crippen LogP contribution < -0.4 is 15.5 Å². The van der Waals surface area contributed by atoms with Crippen LogP contribution >= 0.6 is 0 Å². The number of nitrogens with one attached hydrogen (secondary N) is 2. The van der Waals surface area contributed by atoms with Gasteiger partial charge < -0.3 is 10.6 Å². The first-order valence-corrected chi connectivity index (χ1v) is 6.41. The fourth-order valence-corrected chi connectivity index (χ4v) is 2.13. The number of benzene rings is 1. The van der Waals surface area contributed by atoms with E-state index in [4.69, 9.17) is 0 Å². The molecule has 106 valence electrons. The highest BCUT2D eigenvalue weighted by atomic mass is 16.2. The van der Waals surface area contributed by atoms with E-state index in [9.17, 15) is 9.59 Å². The third-order valence-corrected chi connectivity index (χ3v) is 3.16. The first kappa shape index (κ1) is 13.0. The van der Waals surface area contributed by atoms with Crippen molar-refractivity contribution < 1.29 is 9.59 Å². The summed E-state index contributed by atoms with van der Waals surface area (Å²) in [5.41, 5.74) is 1.46. The molecule has 0 bridgehead atoms. The summed E-state index contributed by atoms with van der Waals surface area (Å²) >= 11 is 0. The molecule has 0 unspecified atom stereocenters. The van der Waals surface area contributed by atoms with Gasteiger partial charge in [-0.25, -0.2) is 0 Å². The van der Waals surface area contributed by atoms with Gasteiger partial charge in [-0.05, 0) is 24.3 Å². The van der Waals surface area contributed by atoms with E-state index in [1.165, 1.54) is 4.90 Å². The molecule has 0 spiro atoms. The van der Waals surface area contributed by atoms with E-state index in [1.54, 1.807) is 37.4 Å². The van der Waals surface area contributed by atoms with Gasteiger partial charge in [0.25, 0.3) is 5.91 Å². The summed E-state index contributed by atoms with van der Waals surface area (Å²) in [4.78, 5) is 25.7. The number of para-hydroxylation sites is 2. The summed E-state index contributed by atoms with van der Waals surface area (Å²) < 4.78 is 0. The minimum Gasteiger partial charge on any atom is -0.372 e.